The summed E-state index contributed by atoms with van der Waals surface area (Å²) in [6, 6.07) is 6.12. The molecule has 0 bridgehead atoms. The van der Waals surface area contributed by atoms with Crippen molar-refractivity contribution in [3.63, 3.8) is 0 Å². The molecule has 12 heavy (non-hydrogen) atoms. The van der Waals surface area contributed by atoms with Crippen LogP contribution >= 0.6 is 0 Å². The molecule has 0 radical (unpaired) electrons. The van der Waals surface area contributed by atoms with Crippen LogP contribution in [0.15, 0.2) is 24.3 Å². The van der Waals surface area contributed by atoms with E-state index in [4.69, 9.17) is 0 Å². The normalized spacial score (nSPS) is 10.5. The first kappa shape index (κ1) is 8.72. The van der Waals surface area contributed by atoms with Gasteiger partial charge >= 0.3 is 0 Å². The Kier molecular flexibility index (Phi) is 2.81. The van der Waals surface area contributed by atoms with E-state index in [1.165, 1.54) is 17.2 Å². The van der Waals surface area contributed by atoms with Crippen LogP contribution in [0, 0.1) is 13.8 Å². The summed E-state index contributed by atoms with van der Waals surface area (Å²) in [4.78, 5) is 10.0. The highest BCUT2D eigenvalue weighted by Gasteiger charge is 1.91. The van der Waals surface area contributed by atoms with Crippen molar-refractivity contribution in [1.82, 2.24) is 0 Å². The summed E-state index contributed by atoms with van der Waals surface area (Å²) in [5.41, 5.74) is 3.60. The molecule has 0 unspecified atom stereocenters. The molecular weight excluding hydrogens is 148 g/mol. The Hall–Kier alpha value is -1.37. The van der Waals surface area contributed by atoms with Gasteiger partial charge in [-0.15, -0.1) is 0 Å². The van der Waals surface area contributed by atoms with Crippen molar-refractivity contribution in [2.45, 2.75) is 13.8 Å². The maximum absolute atomic E-state index is 10.0. The molecule has 62 valence electrons. The lowest BCUT2D eigenvalue weighted by molar-refractivity contribution is -0.104. The fourth-order valence-electron chi connectivity index (χ4n) is 1.02. The van der Waals surface area contributed by atoms with Crippen LogP contribution in [0.2, 0.25) is 0 Å². The van der Waals surface area contributed by atoms with Gasteiger partial charge in [-0.25, -0.2) is 0 Å². The van der Waals surface area contributed by atoms with Gasteiger partial charge < -0.3 is 0 Å². The first-order chi connectivity index (χ1) is 5.74. The second-order valence-corrected chi connectivity index (χ2v) is 2.84. The molecule has 1 aromatic carbocycles. The number of hydrogen-bond donors (Lipinski definition) is 0. The highest BCUT2D eigenvalue weighted by Crippen LogP contribution is 2.10. The number of hydrogen-bond acceptors (Lipinski definition) is 1. The van der Waals surface area contributed by atoms with E-state index in [9.17, 15) is 4.79 Å². The third-order valence-electron chi connectivity index (χ3n) is 1.90. The first-order valence-electron chi connectivity index (χ1n) is 3.93. The van der Waals surface area contributed by atoms with Gasteiger partial charge in [-0.3, -0.25) is 4.79 Å². The molecule has 1 aromatic rings. The van der Waals surface area contributed by atoms with E-state index in [1.807, 2.05) is 6.07 Å². The number of benzene rings is 1. The molecule has 0 fully saturated rings. The highest BCUT2D eigenvalue weighted by atomic mass is 16.1. The molecule has 0 atom stereocenters. The largest absolute Gasteiger partial charge is 0.299 e. The van der Waals surface area contributed by atoms with Gasteiger partial charge in [0.25, 0.3) is 0 Å². The number of carbonyl (C=O) groups is 1. The smallest absolute Gasteiger partial charge is 0.142 e. The number of carbonyl (C=O) groups excluding carboxylic acids is 1. The first-order valence-corrected chi connectivity index (χ1v) is 3.93. The number of allylic oxidation sites excluding steroid dienone is 1. The van der Waals surface area contributed by atoms with E-state index in [0.29, 0.717) is 0 Å². The number of rotatable bonds is 2. The van der Waals surface area contributed by atoms with Gasteiger partial charge in [-0.1, -0.05) is 24.3 Å². The minimum absolute atomic E-state index is 0.787. The molecule has 1 rings (SSSR count). The Labute approximate surface area is 72.7 Å². The third-order valence-corrected chi connectivity index (χ3v) is 1.90. The predicted octanol–water partition coefficient (Wildman–Crippen LogP) is 2.52. The Morgan fingerprint density at radius 3 is 2.50 bits per heavy atom. The maximum atomic E-state index is 10.0. The summed E-state index contributed by atoms with van der Waals surface area (Å²) in [7, 11) is 0. The van der Waals surface area contributed by atoms with Crippen molar-refractivity contribution >= 4 is 12.4 Å². The molecule has 0 saturated carbocycles. The zero-order valence-corrected chi connectivity index (χ0v) is 7.37. The summed E-state index contributed by atoms with van der Waals surface area (Å²) in [6.45, 7) is 4.14. The Bertz CT molecular complexity index is 311. The molecule has 0 saturated heterocycles. The second-order valence-electron chi connectivity index (χ2n) is 2.84. The highest BCUT2D eigenvalue weighted by molar-refractivity contribution is 5.73. The van der Waals surface area contributed by atoms with Crippen LogP contribution in [-0.2, 0) is 4.79 Å². The molecule has 0 aromatic heterocycles. The predicted molar refractivity (Wildman–Crippen MR) is 51.0 cm³/mol. The molecule has 0 aliphatic carbocycles. The second kappa shape index (κ2) is 3.86. The lowest BCUT2D eigenvalue weighted by Gasteiger charge is -1.99. The summed E-state index contributed by atoms with van der Waals surface area (Å²) < 4.78 is 0. The topological polar surface area (TPSA) is 17.1 Å². The van der Waals surface area contributed by atoms with Crippen molar-refractivity contribution in [1.29, 1.82) is 0 Å². The molecule has 0 amide bonds. The number of aldehydes is 1. The maximum Gasteiger partial charge on any atom is 0.142 e. The lowest BCUT2D eigenvalue weighted by Crippen LogP contribution is -1.81. The average molecular weight is 160 g/mol. The van der Waals surface area contributed by atoms with Crippen LogP contribution in [0.4, 0.5) is 0 Å². The summed E-state index contributed by atoms with van der Waals surface area (Å²) in [6.07, 6.45) is 4.10. The molecule has 0 spiro atoms. The van der Waals surface area contributed by atoms with E-state index < -0.39 is 0 Å². The van der Waals surface area contributed by atoms with Gasteiger partial charge in [0.1, 0.15) is 6.29 Å². The van der Waals surface area contributed by atoms with E-state index >= 15 is 0 Å². The van der Waals surface area contributed by atoms with Crippen LogP contribution in [0.5, 0.6) is 0 Å². The lowest BCUT2D eigenvalue weighted by atomic mass is 10.1. The quantitative estimate of drug-likeness (QED) is 0.480. The van der Waals surface area contributed by atoms with Crippen LogP contribution in [-0.4, -0.2) is 6.29 Å². The van der Waals surface area contributed by atoms with Crippen LogP contribution in [0.1, 0.15) is 16.7 Å². The van der Waals surface area contributed by atoms with Crippen molar-refractivity contribution in [2.75, 3.05) is 0 Å². The summed E-state index contributed by atoms with van der Waals surface area (Å²) in [5, 5.41) is 0. The van der Waals surface area contributed by atoms with Crippen molar-refractivity contribution in [2.24, 2.45) is 0 Å². The SMILES string of the molecule is Cc1ccc(C=CC=O)cc1C. The summed E-state index contributed by atoms with van der Waals surface area (Å²) in [5.74, 6) is 0. The minimum Gasteiger partial charge on any atom is -0.299 e. The van der Waals surface area contributed by atoms with Crippen molar-refractivity contribution in [3.05, 3.63) is 41.0 Å². The Morgan fingerprint density at radius 2 is 1.92 bits per heavy atom. The molecular formula is C11H12O. The Morgan fingerprint density at radius 1 is 1.17 bits per heavy atom. The van der Waals surface area contributed by atoms with E-state index in [0.717, 1.165) is 11.8 Å². The van der Waals surface area contributed by atoms with Crippen LogP contribution < -0.4 is 0 Å². The van der Waals surface area contributed by atoms with Crippen molar-refractivity contribution in [3.8, 4) is 0 Å². The van der Waals surface area contributed by atoms with E-state index in [-0.39, 0.29) is 0 Å². The van der Waals surface area contributed by atoms with Crippen molar-refractivity contribution < 1.29 is 4.79 Å². The van der Waals surface area contributed by atoms with E-state index in [1.54, 1.807) is 6.08 Å². The average Bonchev–Trinajstić information content (AvgIpc) is 2.07. The van der Waals surface area contributed by atoms with Gasteiger partial charge in [-0.05, 0) is 36.6 Å². The third kappa shape index (κ3) is 2.06. The zero-order chi connectivity index (χ0) is 8.97. The van der Waals surface area contributed by atoms with Gasteiger partial charge in [-0.2, -0.15) is 0 Å². The minimum atomic E-state index is 0.787. The standard InChI is InChI=1S/C11H12O/c1-9-5-6-11(4-3-7-12)8-10(9)2/h3-8H,1-2H3. The molecule has 1 nitrogen and oxygen atoms in total. The monoisotopic (exact) mass is 160 g/mol. The van der Waals surface area contributed by atoms with Gasteiger partial charge in [0.2, 0.25) is 0 Å². The van der Waals surface area contributed by atoms with E-state index in [2.05, 4.69) is 26.0 Å². The van der Waals surface area contributed by atoms with Crippen LogP contribution in [0.3, 0.4) is 0 Å². The zero-order valence-electron chi connectivity index (χ0n) is 7.37. The fraction of sp³-hybridized carbons (Fsp3) is 0.182. The molecule has 0 aliphatic heterocycles. The van der Waals surface area contributed by atoms with Gasteiger partial charge in [0.05, 0.1) is 0 Å². The number of aryl methyl sites for hydroxylation is 2. The fourth-order valence-corrected chi connectivity index (χ4v) is 1.02. The Balaban J connectivity index is 2.96. The molecule has 0 N–H and O–H groups in total. The van der Waals surface area contributed by atoms with Gasteiger partial charge in [0.15, 0.2) is 0 Å². The molecule has 0 heterocycles. The van der Waals surface area contributed by atoms with Crippen LogP contribution in [0.25, 0.3) is 6.08 Å². The van der Waals surface area contributed by atoms with Gasteiger partial charge in [0, 0.05) is 0 Å². The molecule has 0 aliphatic rings. The molecule has 1 heteroatoms. The summed E-state index contributed by atoms with van der Waals surface area (Å²) >= 11 is 0.